The lowest BCUT2D eigenvalue weighted by Crippen LogP contribution is -2.61. The van der Waals surface area contributed by atoms with Gasteiger partial charge in [0, 0.05) is 13.0 Å². The van der Waals surface area contributed by atoms with E-state index in [-0.39, 0.29) is 19.6 Å². The summed E-state index contributed by atoms with van der Waals surface area (Å²) in [6, 6.07) is 0. The van der Waals surface area contributed by atoms with Crippen molar-refractivity contribution >= 4 is 5.97 Å². The van der Waals surface area contributed by atoms with E-state index in [4.69, 9.17) is 28.4 Å². The number of hydrogen-bond donors (Lipinski definition) is 7. The summed E-state index contributed by atoms with van der Waals surface area (Å²) in [5.74, 6) is -0.400. The van der Waals surface area contributed by atoms with Crippen molar-refractivity contribution in [3.63, 3.8) is 0 Å². The quantitative estimate of drug-likeness (QED) is 0.0181. The highest BCUT2D eigenvalue weighted by Crippen LogP contribution is 2.26. The van der Waals surface area contributed by atoms with Crippen LogP contribution in [0.1, 0.15) is 155 Å². The van der Waals surface area contributed by atoms with E-state index in [1.54, 1.807) is 0 Å². The molecule has 2 aliphatic heterocycles. The van der Waals surface area contributed by atoms with E-state index in [1.807, 2.05) is 0 Å². The van der Waals surface area contributed by atoms with Gasteiger partial charge in [-0.1, -0.05) is 138 Å². The number of allylic oxidation sites excluding steroid dienone is 12. The second kappa shape index (κ2) is 40.2. The number of esters is 1. The summed E-state index contributed by atoms with van der Waals surface area (Å²) in [5, 5.41) is 72.1. The van der Waals surface area contributed by atoms with Crippen molar-refractivity contribution in [1.82, 2.24) is 0 Å². The topological polar surface area (TPSA) is 214 Å². The van der Waals surface area contributed by atoms with Crippen molar-refractivity contribution in [2.24, 2.45) is 0 Å². The minimum Gasteiger partial charge on any atom is -0.457 e. The van der Waals surface area contributed by atoms with Crippen LogP contribution in [0.5, 0.6) is 0 Å². The zero-order valence-electron chi connectivity index (χ0n) is 40.9. The average Bonchev–Trinajstić information content (AvgIpc) is 3.32. The van der Waals surface area contributed by atoms with E-state index in [0.29, 0.717) is 13.0 Å². The fourth-order valence-corrected chi connectivity index (χ4v) is 7.54. The van der Waals surface area contributed by atoms with Crippen LogP contribution in [-0.4, -0.2) is 142 Å². The van der Waals surface area contributed by atoms with E-state index in [1.165, 1.54) is 25.7 Å². The maximum Gasteiger partial charge on any atom is 0.306 e. The summed E-state index contributed by atoms with van der Waals surface area (Å²) in [6.45, 7) is 3.45. The molecule has 7 N–H and O–H groups in total. The first kappa shape index (κ1) is 60.6. The average molecular weight is 951 g/mol. The first-order chi connectivity index (χ1) is 32.6. The van der Waals surface area contributed by atoms with Gasteiger partial charge in [0.2, 0.25) is 0 Å². The summed E-state index contributed by atoms with van der Waals surface area (Å²) in [4.78, 5) is 13.0. The summed E-state index contributed by atoms with van der Waals surface area (Å²) in [6.07, 6.45) is 32.5. The smallest absolute Gasteiger partial charge is 0.306 e. The zero-order chi connectivity index (χ0) is 48.7. The van der Waals surface area contributed by atoms with Crippen LogP contribution in [-0.2, 0) is 33.2 Å². The van der Waals surface area contributed by atoms with Crippen molar-refractivity contribution in [3.8, 4) is 0 Å². The van der Waals surface area contributed by atoms with Gasteiger partial charge >= 0.3 is 5.97 Å². The highest BCUT2D eigenvalue weighted by molar-refractivity contribution is 5.69. The van der Waals surface area contributed by atoms with Crippen LogP contribution in [0, 0.1) is 0 Å². The fourth-order valence-electron chi connectivity index (χ4n) is 7.54. The molecular weight excluding hydrogens is 861 g/mol. The lowest BCUT2D eigenvalue weighted by Gasteiger charge is -2.42. The molecule has 0 aromatic rings. The second-order valence-electron chi connectivity index (χ2n) is 17.6. The fraction of sp³-hybridized carbons (Fsp3) is 0.755. The molecule has 0 aromatic heterocycles. The normalized spacial score (nSPS) is 26.7. The molecule has 0 radical (unpaired) electrons. The minimum absolute atomic E-state index is 0.0368. The minimum atomic E-state index is -1.72. The predicted octanol–water partition coefficient (Wildman–Crippen LogP) is 7.51. The SMILES string of the molecule is CC/C=C\C/C=C\C/C=C\CCCCCCOCC(COC1OC(COC2OC(CO)C(O)C(O)C2O)C(O)C(O)C1O)OC(=O)CCCCCCCC/C=C\C/C=C\C/C=C\CCCCC. The summed E-state index contributed by atoms with van der Waals surface area (Å²) in [7, 11) is 0. The van der Waals surface area contributed by atoms with Crippen LogP contribution in [0.25, 0.3) is 0 Å². The molecule has 0 amide bonds. The van der Waals surface area contributed by atoms with Crippen molar-refractivity contribution in [1.29, 1.82) is 0 Å². The molecule has 0 spiro atoms. The highest BCUT2D eigenvalue weighted by Gasteiger charge is 2.47. The van der Waals surface area contributed by atoms with Gasteiger partial charge in [-0.3, -0.25) is 4.79 Å². The van der Waals surface area contributed by atoms with Crippen LogP contribution in [0.4, 0.5) is 0 Å². The van der Waals surface area contributed by atoms with Crippen molar-refractivity contribution < 1.29 is 69.0 Å². The first-order valence-corrected chi connectivity index (χ1v) is 25.5. The molecule has 2 heterocycles. The first-order valence-electron chi connectivity index (χ1n) is 25.5. The molecule has 386 valence electrons. The van der Waals surface area contributed by atoms with Gasteiger partial charge in [0.25, 0.3) is 0 Å². The molecule has 0 aliphatic carbocycles. The van der Waals surface area contributed by atoms with E-state index in [0.717, 1.165) is 103 Å². The van der Waals surface area contributed by atoms with Crippen LogP contribution in [0.3, 0.4) is 0 Å². The molecular formula is C53H90O14. The maximum atomic E-state index is 13.0. The summed E-state index contributed by atoms with van der Waals surface area (Å²) in [5.41, 5.74) is 0. The van der Waals surface area contributed by atoms with E-state index < -0.39 is 86.7 Å². The number of hydrogen-bond acceptors (Lipinski definition) is 14. The molecule has 2 fully saturated rings. The van der Waals surface area contributed by atoms with Gasteiger partial charge in [-0.25, -0.2) is 0 Å². The summed E-state index contributed by atoms with van der Waals surface area (Å²) < 4.78 is 34.2. The van der Waals surface area contributed by atoms with Crippen molar-refractivity contribution in [2.45, 2.75) is 223 Å². The Morgan fingerprint density at radius 3 is 1.52 bits per heavy atom. The third kappa shape index (κ3) is 28.0. The van der Waals surface area contributed by atoms with Gasteiger partial charge in [0.05, 0.1) is 26.4 Å². The summed E-state index contributed by atoms with van der Waals surface area (Å²) >= 11 is 0. The van der Waals surface area contributed by atoms with Crippen LogP contribution >= 0.6 is 0 Å². The maximum absolute atomic E-state index is 13.0. The van der Waals surface area contributed by atoms with E-state index >= 15 is 0 Å². The number of rotatable bonds is 39. The number of carbonyl (C=O) groups excluding carboxylic acids is 1. The molecule has 14 nitrogen and oxygen atoms in total. The molecule has 14 heteroatoms. The van der Waals surface area contributed by atoms with Gasteiger partial charge in [-0.15, -0.1) is 0 Å². The van der Waals surface area contributed by atoms with Gasteiger partial charge in [0.15, 0.2) is 12.6 Å². The molecule has 0 bridgehead atoms. The number of aliphatic hydroxyl groups is 7. The van der Waals surface area contributed by atoms with Crippen LogP contribution in [0.15, 0.2) is 72.9 Å². The molecule has 2 saturated heterocycles. The molecule has 67 heavy (non-hydrogen) atoms. The zero-order valence-corrected chi connectivity index (χ0v) is 40.9. The second-order valence-corrected chi connectivity index (χ2v) is 17.6. The number of unbranched alkanes of at least 4 members (excludes halogenated alkanes) is 13. The Labute approximate surface area is 402 Å². The molecule has 2 aliphatic rings. The largest absolute Gasteiger partial charge is 0.457 e. The van der Waals surface area contributed by atoms with Gasteiger partial charge in [0.1, 0.15) is 54.9 Å². The van der Waals surface area contributed by atoms with Gasteiger partial charge in [-0.2, -0.15) is 0 Å². The number of aliphatic hydroxyl groups excluding tert-OH is 7. The number of carbonyl (C=O) groups is 1. The monoisotopic (exact) mass is 951 g/mol. The molecule has 0 saturated carbocycles. The van der Waals surface area contributed by atoms with Crippen molar-refractivity contribution in [2.75, 3.05) is 33.0 Å². The van der Waals surface area contributed by atoms with Crippen LogP contribution < -0.4 is 0 Å². The molecule has 0 aromatic carbocycles. The molecule has 2 rings (SSSR count). The van der Waals surface area contributed by atoms with Gasteiger partial charge in [-0.05, 0) is 83.5 Å². The Balaban J connectivity index is 1.79. The highest BCUT2D eigenvalue weighted by atomic mass is 16.7. The van der Waals surface area contributed by atoms with E-state index in [9.17, 15) is 40.5 Å². The van der Waals surface area contributed by atoms with E-state index in [2.05, 4.69) is 86.8 Å². The van der Waals surface area contributed by atoms with Gasteiger partial charge < -0.3 is 64.2 Å². The Morgan fingerprint density at radius 2 is 0.970 bits per heavy atom. The lowest BCUT2D eigenvalue weighted by molar-refractivity contribution is -0.332. The standard InChI is InChI=1S/C53H90O14/c1-3-5-7-9-11-13-15-17-19-20-21-22-23-24-26-28-30-32-34-36-45(55)65-42(39-62-37-35-33-31-29-27-25-18-16-14-12-10-8-6-4-2)40-63-52-51(61)49(59)47(57)44(67-52)41-64-53-50(60)48(58)46(56)43(38-54)66-53/h6,8,11-14,17-19,21-22,25,42-44,46-54,56-61H,3-5,7,9-10,15-16,20,23-24,26-41H2,1-2H3/b8-6-,13-11-,14-12-,19-17-,22-21-,25-18-. The Bertz CT molecular complexity index is 1380. The van der Waals surface area contributed by atoms with Crippen LogP contribution in [0.2, 0.25) is 0 Å². The number of ether oxygens (including phenoxy) is 6. The molecule has 11 unspecified atom stereocenters. The Kier molecular flexibility index (Phi) is 36.3. The Morgan fingerprint density at radius 1 is 0.507 bits per heavy atom. The molecule has 11 atom stereocenters. The Hall–Kier alpha value is -2.57. The third-order valence-electron chi connectivity index (χ3n) is 11.7. The van der Waals surface area contributed by atoms with Crippen molar-refractivity contribution in [3.05, 3.63) is 72.9 Å². The predicted molar refractivity (Wildman–Crippen MR) is 261 cm³/mol. The lowest BCUT2D eigenvalue weighted by atomic mass is 9.98. The third-order valence-corrected chi connectivity index (χ3v) is 11.7.